The summed E-state index contributed by atoms with van der Waals surface area (Å²) in [7, 11) is 0. The predicted octanol–water partition coefficient (Wildman–Crippen LogP) is 0.600. The van der Waals surface area contributed by atoms with E-state index in [9.17, 15) is 9.59 Å². The maximum atomic E-state index is 10.9. The van der Waals surface area contributed by atoms with Crippen LogP contribution in [0.2, 0.25) is 0 Å². The number of ketones is 1. The van der Waals surface area contributed by atoms with E-state index in [-0.39, 0.29) is 17.3 Å². The Morgan fingerprint density at radius 1 is 1.36 bits per heavy atom. The van der Waals surface area contributed by atoms with Crippen LogP contribution in [-0.4, -0.2) is 17.6 Å². The molecular weight excluding hydrogens is 146 g/mol. The first-order chi connectivity index (χ1) is 5.27. The molecule has 1 heterocycles. The molecule has 4 heteroatoms. The highest BCUT2D eigenvalue weighted by atomic mass is 16.6. The van der Waals surface area contributed by atoms with Gasteiger partial charge in [-0.05, 0) is 12.2 Å². The molecule has 1 aliphatic heterocycles. The SMILES string of the molecule is O=C1N=C2C(=O)C=CC=C2O1. The highest BCUT2D eigenvalue weighted by molar-refractivity contribution is 6.52. The van der Waals surface area contributed by atoms with Crippen LogP contribution in [-0.2, 0) is 9.53 Å². The van der Waals surface area contributed by atoms with E-state index in [4.69, 9.17) is 0 Å². The minimum atomic E-state index is -0.719. The summed E-state index contributed by atoms with van der Waals surface area (Å²) in [4.78, 5) is 24.8. The van der Waals surface area contributed by atoms with E-state index in [2.05, 4.69) is 9.73 Å². The number of amides is 1. The Bertz CT molecular complexity index is 336. The van der Waals surface area contributed by atoms with E-state index in [1.807, 2.05) is 0 Å². The second-order valence-electron chi connectivity index (χ2n) is 2.08. The number of ether oxygens (including phenoxy) is 1. The largest absolute Gasteiger partial charge is 0.439 e. The highest BCUT2D eigenvalue weighted by Gasteiger charge is 2.27. The number of rotatable bonds is 0. The molecular formula is C7H3NO3. The van der Waals surface area contributed by atoms with E-state index < -0.39 is 6.09 Å². The molecule has 0 atom stereocenters. The molecule has 0 saturated heterocycles. The van der Waals surface area contributed by atoms with Gasteiger partial charge in [0, 0.05) is 0 Å². The third-order valence-corrected chi connectivity index (χ3v) is 1.36. The number of hydrogen-bond acceptors (Lipinski definition) is 3. The Kier molecular flexibility index (Phi) is 1.03. The van der Waals surface area contributed by atoms with Gasteiger partial charge in [0.15, 0.2) is 11.5 Å². The second-order valence-corrected chi connectivity index (χ2v) is 2.08. The highest BCUT2D eigenvalue weighted by Crippen LogP contribution is 2.15. The average molecular weight is 149 g/mol. The molecule has 0 saturated carbocycles. The zero-order chi connectivity index (χ0) is 7.84. The van der Waals surface area contributed by atoms with E-state index >= 15 is 0 Å². The Hall–Kier alpha value is -1.71. The van der Waals surface area contributed by atoms with Gasteiger partial charge in [-0.25, -0.2) is 4.79 Å². The number of aliphatic imine (C=N–C) groups is 1. The molecule has 2 aliphatic rings. The van der Waals surface area contributed by atoms with Crippen molar-refractivity contribution in [2.75, 3.05) is 0 Å². The quantitative estimate of drug-likeness (QED) is 0.474. The number of hydrogen-bond donors (Lipinski definition) is 0. The minimum Gasteiger partial charge on any atom is -0.406 e. The van der Waals surface area contributed by atoms with Gasteiger partial charge >= 0.3 is 6.09 Å². The molecule has 0 aromatic carbocycles. The second kappa shape index (κ2) is 1.88. The Morgan fingerprint density at radius 2 is 2.18 bits per heavy atom. The first-order valence-electron chi connectivity index (χ1n) is 3.01. The van der Waals surface area contributed by atoms with Gasteiger partial charge in [0.05, 0.1) is 0 Å². The summed E-state index contributed by atoms with van der Waals surface area (Å²) in [6.45, 7) is 0. The molecule has 1 aliphatic carbocycles. The lowest BCUT2D eigenvalue weighted by Gasteiger charge is -1.99. The molecule has 0 bridgehead atoms. The van der Waals surface area contributed by atoms with Crippen molar-refractivity contribution in [3.05, 3.63) is 24.0 Å². The van der Waals surface area contributed by atoms with Crippen LogP contribution < -0.4 is 0 Å². The van der Waals surface area contributed by atoms with Gasteiger partial charge in [0.2, 0.25) is 5.78 Å². The van der Waals surface area contributed by atoms with Gasteiger partial charge in [-0.15, -0.1) is 0 Å². The fraction of sp³-hybridized carbons (Fsp3) is 0. The number of nitrogens with zero attached hydrogens (tertiary/aromatic N) is 1. The summed E-state index contributed by atoms with van der Waals surface area (Å²) >= 11 is 0. The summed E-state index contributed by atoms with van der Waals surface area (Å²) in [5.41, 5.74) is 0.109. The first-order valence-corrected chi connectivity index (χ1v) is 3.01. The van der Waals surface area contributed by atoms with Crippen LogP contribution in [0, 0.1) is 0 Å². The van der Waals surface area contributed by atoms with Crippen molar-refractivity contribution in [1.82, 2.24) is 0 Å². The molecule has 11 heavy (non-hydrogen) atoms. The maximum Gasteiger partial charge on any atom is 0.439 e. The van der Waals surface area contributed by atoms with E-state index in [0.29, 0.717) is 0 Å². The molecule has 0 radical (unpaired) electrons. The smallest absolute Gasteiger partial charge is 0.406 e. The standard InChI is InChI=1S/C7H3NO3/c9-4-2-1-3-5-6(4)8-7(10)11-5/h1-3H. The van der Waals surface area contributed by atoms with Crippen LogP contribution in [0.15, 0.2) is 29.0 Å². The molecule has 0 spiro atoms. The van der Waals surface area contributed by atoms with E-state index in [1.54, 1.807) is 0 Å². The molecule has 0 fully saturated rings. The number of allylic oxidation sites excluding steroid dienone is 4. The van der Waals surface area contributed by atoms with Crippen molar-refractivity contribution in [1.29, 1.82) is 0 Å². The zero-order valence-electron chi connectivity index (χ0n) is 5.40. The van der Waals surface area contributed by atoms with Crippen molar-refractivity contribution in [3.8, 4) is 0 Å². The van der Waals surface area contributed by atoms with Crippen molar-refractivity contribution in [2.24, 2.45) is 4.99 Å². The van der Waals surface area contributed by atoms with Gasteiger partial charge < -0.3 is 4.74 Å². The van der Waals surface area contributed by atoms with E-state index in [0.717, 1.165) is 0 Å². The van der Waals surface area contributed by atoms with Crippen LogP contribution >= 0.6 is 0 Å². The average Bonchev–Trinajstić information content (AvgIpc) is 2.31. The molecule has 0 unspecified atom stereocenters. The number of carbonyl (C=O) groups is 2. The minimum absolute atomic E-state index is 0.109. The summed E-state index contributed by atoms with van der Waals surface area (Å²) in [6, 6.07) is 0. The van der Waals surface area contributed by atoms with Crippen molar-refractivity contribution >= 4 is 17.6 Å². The van der Waals surface area contributed by atoms with E-state index in [1.165, 1.54) is 18.2 Å². The number of fused-ring (bicyclic) bond motifs is 1. The first kappa shape index (κ1) is 6.03. The monoisotopic (exact) mass is 149 g/mol. The summed E-state index contributed by atoms with van der Waals surface area (Å²) in [5.74, 6) is -0.0316. The fourth-order valence-electron chi connectivity index (χ4n) is 0.903. The van der Waals surface area contributed by atoms with Crippen LogP contribution in [0.4, 0.5) is 4.79 Å². The third kappa shape index (κ3) is 0.797. The lowest BCUT2D eigenvalue weighted by molar-refractivity contribution is -0.108. The van der Waals surface area contributed by atoms with Gasteiger partial charge in [0.25, 0.3) is 0 Å². The van der Waals surface area contributed by atoms with Crippen LogP contribution in [0.25, 0.3) is 0 Å². The molecule has 2 rings (SSSR count). The lowest BCUT2D eigenvalue weighted by Crippen LogP contribution is -2.13. The Morgan fingerprint density at radius 3 is 2.91 bits per heavy atom. The molecule has 4 nitrogen and oxygen atoms in total. The van der Waals surface area contributed by atoms with Gasteiger partial charge in [-0.3, -0.25) is 4.79 Å². The molecule has 0 aromatic rings. The predicted molar refractivity (Wildman–Crippen MR) is 36.1 cm³/mol. The van der Waals surface area contributed by atoms with Crippen LogP contribution in [0.3, 0.4) is 0 Å². The zero-order valence-corrected chi connectivity index (χ0v) is 5.40. The molecule has 0 aromatic heterocycles. The summed E-state index contributed by atoms with van der Waals surface area (Å²) < 4.78 is 4.58. The van der Waals surface area contributed by atoms with Crippen LogP contribution in [0.1, 0.15) is 0 Å². The Labute approximate surface area is 61.9 Å². The van der Waals surface area contributed by atoms with Crippen molar-refractivity contribution in [2.45, 2.75) is 0 Å². The van der Waals surface area contributed by atoms with Gasteiger partial charge in [0.1, 0.15) is 0 Å². The topological polar surface area (TPSA) is 55.7 Å². The molecule has 0 N–H and O–H groups in total. The summed E-state index contributed by atoms with van der Waals surface area (Å²) in [5, 5.41) is 0. The van der Waals surface area contributed by atoms with Gasteiger partial charge in [-0.1, -0.05) is 6.08 Å². The fourth-order valence-corrected chi connectivity index (χ4v) is 0.903. The number of carbonyl (C=O) groups excluding carboxylic acids is 2. The summed E-state index contributed by atoms with van der Waals surface area (Å²) in [6.07, 6.45) is 3.67. The van der Waals surface area contributed by atoms with Crippen molar-refractivity contribution < 1.29 is 14.3 Å². The third-order valence-electron chi connectivity index (χ3n) is 1.36. The van der Waals surface area contributed by atoms with Crippen LogP contribution in [0.5, 0.6) is 0 Å². The molecule has 54 valence electrons. The Balaban J connectivity index is 2.52. The van der Waals surface area contributed by atoms with Gasteiger partial charge in [-0.2, -0.15) is 4.99 Å². The maximum absolute atomic E-state index is 10.9. The lowest BCUT2D eigenvalue weighted by atomic mass is 10.1. The van der Waals surface area contributed by atoms with Crippen molar-refractivity contribution in [3.63, 3.8) is 0 Å². The normalized spacial score (nSPS) is 20.7. The molecule has 1 amide bonds.